The third kappa shape index (κ3) is 3.35. The van der Waals surface area contributed by atoms with Crippen molar-refractivity contribution in [2.24, 2.45) is 0 Å². The van der Waals surface area contributed by atoms with Gasteiger partial charge in [0.05, 0.1) is 0 Å². The third-order valence-electron chi connectivity index (χ3n) is 3.34. The van der Waals surface area contributed by atoms with Crippen molar-refractivity contribution in [2.45, 2.75) is 51.6 Å². The van der Waals surface area contributed by atoms with Crippen molar-refractivity contribution in [3.63, 3.8) is 0 Å². The summed E-state index contributed by atoms with van der Waals surface area (Å²) in [6.07, 6.45) is 5.07. The molecule has 2 rings (SSSR count). The zero-order chi connectivity index (χ0) is 12.3. The average molecular weight is 228 g/mol. The molecule has 0 aromatic heterocycles. The Balaban J connectivity index is 2.19. The van der Waals surface area contributed by atoms with Crippen molar-refractivity contribution in [1.82, 2.24) is 0 Å². The molecule has 1 aromatic rings. The van der Waals surface area contributed by atoms with E-state index in [1.807, 2.05) is 0 Å². The van der Waals surface area contributed by atoms with Crippen LogP contribution < -0.4 is 0 Å². The van der Waals surface area contributed by atoms with E-state index in [4.69, 9.17) is 0 Å². The molecular formula is C16H20O. The molecule has 1 aliphatic carbocycles. The Bertz CT molecular complexity index is 436. The molecule has 90 valence electrons. The van der Waals surface area contributed by atoms with Crippen molar-refractivity contribution in [2.75, 3.05) is 0 Å². The second-order valence-electron chi connectivity index (χ2n) is 5.22. The monoisotopic (exact) mass is 228 g/mol. The third-order valence-corrected chi connectivity index (χ3v) is 3.34. The van der Waals surface area contributed by atoms with Gasteiger partial charge >= 0.3 is 0 Å². The highest BCUT2D eigenvalue weighted by molar-refractivity contribution is 5.41. The largest absolute Gasteiger partial charge is 0.378 e. The first-order chi connectivity index (χ1) is 8.07. The van der Waals surface area contributed by atoms with Crippen LogP contribution in [0.3, 0.4) is 0 Å². The molecule has 1 aromatic carbocycles. The van der Waals surface area contributed by atoms with E-state index < -0.39 is 5.60 Å². The Morgan fingerprint density at radius 1 is 1.00 bits per heavy atom. The summed E-state index contributed by atoms with van der Waals surface area (Å²) in [4.78, 5) is 0. The van der Waals surface area contributed by atoms with Crippen molar-refractivity contribution in [3.8, 4) is 11.8 Å². The lowest BCUT2D eigenvalue weighted by Gasteiger charge is -2.26. The van der Waals surface area contributed by atoms with Crippen LogP contribution in [0, 0.1) is 25.7 Å². The van der Waals surface area contributed by atoms with Gasteiger partial charge in [-0.3, -0.25) is 0 Å². The highest BCUT2D eigenvalue weighted by atomic mass is 16.3. The molecule has 0 spiro atoms. The number of aryl methyl sites for hydroxylation is 2. The normalized spacial score (nSPS) is 18.3. The topological polar surface area (TPSA) is 20.2 Å². The standard InChI is InChI=1S/C16H20O/c1-13-10-14(2)12-15(11-13)6-9-16(17)7-4-3-5-8-16/h10-12,17H,3-5,7-8H2,1-2H3. The van der Waals surface area contributed by atoms with E-state index in [0.29, 0.717) is 0 Å². The summed E-state index contributed by atoms with van der Waals surface area (Å²) in [6.45, 7) is 4.15. The molecule has 1 N–H and O–H groups in total. The van der Waals surface area contributed by atoms with Crippen molar-refractivity contribution in [3.05, 3.63) is 34.9 Å². The Hall–Kier alpha value is -1.26. The van der Waals surface area contributed by atoms with Crippen LogP contribution in [0.25, 0.3) is 0 Å². The zero-order valence-electron chi connectivity index (χ0n) is 10.7. The van der Waals surface area contributed by atoms with E-state index in [-0.39, 0.29) is 0 Å². The average Bonchev–Trinajstić information content (AvgIpc) is 2.26. The summed E-state index contributed by atoms with van der Waals surface area (Å²) >= 11 is 0. The summed E-state index contributed by atoms with van der Waals surface area (Å²) in [7, 11) is 0. The lowest BCUT2D eigenvalue weighted by Crippen LogP contribution is -2.29. The van der Waals surface area contributed by atoms with Gasteiger partial charge in [0.25, 0.3) is 0 Å². The number of hydrogen-bond donors (Lipinski definition) is 1. The van der Waals surface area contributed by atoms with Crippen LogP contribution >= 0.6 is 0 Å². The highest BCUT2D eigenvalue weighted by Gasteiger charge is 2.26. The molecule has 17 heavy (non-hydrogen) atoms. The molecule has 0 amide bonds. The zero-order valence-corrected chi connectivity index (χ0v) is 10.7. The van der Waals surface area contributed by atoms with Crippen LogP contribution in [0.15, 0.2) is 18.2 Å². The minimum atomic E-state index is -0.740. The molecule has 0 atom stereocenters. The van der Waals surface area contributed by atoms with Crippen molar-refractivity contribution in [1.29, 1.82) is 0 Å². The van der Waals surface area contributed by atoms with E-state index in [1.54, 1.807) is 0 Å². The van der Waals surface area contributed by atoms with Crippen LogP contribution in [0.4, 0.5) is 0 Å². The number of hydrogen-bond acceptors (Lipinski definition) is 1. The van der Waals surface area contributed by atoms with Gasteiger partial charge in [-0.05, 0) is 62.8 Å². The summed E-state index contributed by atoms with van der Waals surface area (Å²) in [6, 6.07) is 6.29. The quantitative estimate of drug-likeness (QED) is 0.675. The van der Waals surface area contributed by atoms with Gasteiger partial charge in [0, 0.05) is 5.56 Å². The Kier molecular flexibility index (Phi) is 3.54. The second-order valence-corrected chi connectivity index (χ2v) is 5.22. The SMILES string of the molecule is Cc1cc(C)cc(C#CC2(O)CCCCC2)c1. The molecule has 1 aliphatic rings. The molecular weight excluding hydrogens is 208 g/mol. The summed E-state index contributed by atoms with van der Waals surface area (Å²) in [5.41, 5.74) is 2.73. The number of benzene rings is 1. The minimum absolute atomic E-state index is 0.740. The van der Waals surface area contributed by atoms with Gasteiger partial charge in [0.15, 0.2) is 0 Å². The molecule has 1 fully saturated rings. The van der Waals surface area contributed by atoms with Gasteiger partial charge in [0.1, 0.15) is 5.60 Å². The first-order valence-corrected chi connectivity index (χ1v) is 6.41. The molecule has 1 nitrogen and oxygen atoms in total. The van der Waals surface area contributed by atoms with Gasteiger partial charge in [0.2, 0.25) is 0 Å². The van der Waals surface area contributed by atoms with Crippen molar-refractivity contribution >= 4 is 0 Å². The van der Waals surface area contributed by atoms with E-state index in [1.165, 1.54) is 17.5 Å². The summed E-state index contributed by atoms with van der Waals surface area (Å²) < 4.78 is 0. The molecule has 1 heteroatoms. The fourth-order valence-electron chi connectivity index (χ4n) is 2.50. The highest BCUT2D eigenvalue weighted by Crippen LogP contribution is 2.27. The Morgan fingerprint density at radius 2 is 1.59 bits per heavy atom. The first kappa shape index (κ1) is 12.2. The molecule has 1 saturated carbocycles. The van der Waals surface area contributed by atoms with Gasteiger partial charge in [-0.2, -0.15) is 0 Å². The van der Waals surface area contributed by atoms with Gasteiger partial charge in [-0.25, -0.2) is 0 Å². The van der Waals surface area contributed by atoms with E-state index >= 15 is 0 Å². The van der Waals surface area contributed by atoms with Gasteiger partial charge in [-0.1, -0.05) is 24.3 Å². The number of rotatable bonds is 0. The maximum atomic E-state index is 10.3. The van der Waals surface area contributed by atoms with Crippen LogP contribution in [0.2, 0.25) is 0 Å². The van der Waals surface area contributed by atoms with Crippen LogP contribution in [0.5, 0.6) is 0 Å². The van der Waals surface area contributed by atoms with Gasteiger partial charge < -0.3 is 5.11 Å². The predicted molar refractivity (Wildman–Crippen MR) is 70.8 cm³/mol. The lowest BCUT2D eigenvalue weighted by atomic mass is 9.85. The van der Waals surface area contributed by atoms with Gasteiger partial charge in [-0.15, -0.1) is 0 Å². The van der Waals surface area contributed by atoms with E-state index in [9.17, 15) is 5.11 Å². The smallest absolute Gasteiger partial charge is 0.125 e. The predicted octanol–water partition coefficient (Wildman–Crippen LogP) is 3.35. The molecule has 0 saturated heterocycles. The minimum Gasteiger partial charge on any atom is -0.378 e. The molecule has 0 radical (unpaired) electrons. The molecule has 0 bridgehead atoms. The van der Waals surface area contributed by atoms with Crippen molar-refractivity contribution < 1.29 is 5.11 Å². The fraction of sp³-hybridized carbons (Fsp3) is 0.500. The second kappa shape index (κ2) is 4.94. The molecule has 0 aliphatic heterocycles. The molecule has 0 unspecified atom stereocenters. The maximum absolute atomic E-state index is 10.3. The van der Waals surface area contributed by atoms with Crippen LogP contribution in [-0.4, -0.2) is 10.7 Å². The summed E-state index contributed by atoms with van der Waals surface area (Å²) in [5, 5.41) is 10.3. The van der Waals surface area contributed by atoms with E-state index in [0.717, 1.165) is 31.2 Å². The Labute approximate surface area is 104 Å². The maximum Gasteiger partial charge on any atom is 0.125 e. The fourth-order valence-corrected chi connectivity index (χ4v) is 2.50. The van der Waals surface area contributed by atoms with Crippen LogP contribution in [0.1, 0.15) is 48.8 Å². The number of aliphatic hydroxyl groups is 1. The lowest BCUT2D eigenvalue weighted by molar-refractivity contribution is 0.0610. The van der Waals surface area contributed by atoms with E-state index in [2.05, 4.69) is 43.9 Å². The summed E-state index contributed by atoms with van der Waals surface area (Å²) in [5.74, 6) is 6.21. The van der Waals surface area contributed by atoms with Crippen LogP contribution in [-0.2, 0) is 0 Å². The first-order valence-electron chi connectivity index (χ1n) is 6.41. The Morgan fingerprint density at radius 3 is 2.18 bits per heavy atom. The molecule has 0 heterocycles.